The maximum Gasteiger partial charge on any atom is 0.159 e. The van der Waals surface area contributed by atoms with Gasteiger partial charge in [0.25, 0.3) is 0 Å². The van der Waals surface area contributed by atoms with Gasteiger partial charge < -0.3 is 9.47 Å². The Labute approximate surface area is 85.0 Å². The Morgan fingerprint density at radius 3 is 2.50 bits per heavy atom. The molecular formula is C11H17NO2. The number of rotatable bonds is 1. The van der Waals surface area contributed by atoms with Crippen LogP contribution in [-0.4, -0.2) is 25.9 Å². The van der Waals surface area contributed by atoms with E-state index in [4.69, 9.17) is 9.47 Å². The summed E-state index contributed by atoms with van der Waals surface area (Å²) < 4.78 is 10.9. The highest BCUT2D eigenvalue weighted by Gasteiger charge is 2.56. The molecule has 0 amide bonds. The van der Waals surface area contributed by atoms with Crippen LogP contribution in [0.2, 0.25) is 0 Å². The van der Waals surface area contributed by atoms with E-state index in [1.165, 1.54) is 0 Å². The van der Waals surface area contributed by atoms with E-state index in [2.05, 4.69) is 6.07 Å². The molecule has 1 saturated carbocycles. The van der Waals surface area contributed by atoms with Crippen LogP contribution in [0.25, 0.3) is 0 Å². The fraction of sp³-hybridized carbons (Fsp3) is 0.909. The molecule has 1 unspecified atom stereocenters. The fourth-order valence-electron chi connectivity index (χ4n) is 3.10. The summed E-state index contributed by atoms with van der Waals surface area (Å²) in [5.74, 6) is 0. The second-order valence-corrected chi connectivity index (χ2v) is 4.39. The molecule has 0 aromatic heterocycles. The van der Waals surface area contributed by atoms with Crippen LogP contribution >= 0.6 is 0 Å². The van der Waals surface area contributed by atoms with Crippen molar-refractivity contribution in [3.05, 3.63) is 0 Å². The summed E-state index contributed by atoms with van der Waals surface area (Å²) in [6.45, 7) is 1.57. The molecule has 1 saturated heterocycles. The van der Waals surface area contributed by atoms with Crippen molar-refractivity contribution in [3.8, 4) is 6.07 Å². The molecule has 1 atom stereocenters. The first-order valence-electron chi connectivity index (χ1n) is 5.33. The van der Waals surface area contributed by atoms with E-state index in [1.807, 2.05) is 0 Å². The topological polar surface area (TPSA) is 42.2 Å². The van der Waals surface area contributed by atoms with Gasteiger partial charge in [0.05, 0.1) is 6.07 Å². The van der Waals surface area contributed by atoms with Crippen molar-refractivity contribution in [2.24, 2.45) is 5.41 Å². The number of hydrogen-bond acceptors (Lipinski definition) is 3. The molecule has 0 bridgehead atoms. The van der Waals surface area contributed by atoms with Crippen molar-refractivity contribution in [1.29, 1.82) is 5.26 Å². The molecule has 2 fully saturated rings. The largest absolute Gasteiger partial charge is 0.381 e. The van der Waals surface area contributed by atoms with Crippen molar-refractivity contribution in [2.75, 3.05) is 20.3 Å². The van der Waals surface area contributed by atoms with Gasteiger partial charge in [-0.05, 0) is 32.1 Å². The number of hydrogen-bond donors (Lipinski definition) is 0. The van der Waals surface area contributed by atoms with Crippen molar-refractivity contribution < 1.29 is 9.47 Å². The summed E-state index contributed by atoms with van der Waals surface area (Å²) in [4.78, 5) is 0. The van der Waals surface area contributed by atoms with Crippen LogP contribution in [0.4, 0.5) is 0 Å². The molecule has 2 aliphatic rings. The third kappa shape index (κ3) is 1.18. The van der Waals surface area contributed by atoms with Gasteiger partial charge in [0.15, 0.2) is 5.60 Å². The van der Waals surface area contributed by atoms with Gasteiger partial charge in [-0.3, -0.25) is 0 Å². The lowest BCUT2D eigenvalue weighted by Crippen LogP contribution is -2.47. The van der Waals surface area contributed by atoms with Crippen LogP contribution in [0, 0.1) is 16.7 Å². The lowest BCUT2D eigenvalue weighted by Gasteiger charge is -2.43. The Morgan fingerprint density at radius 2 is 1.93 bits per heavy atom. The Balaban J connectivity index is 2.27. The van der Waals surface area contributed by atoms with E-state index in [0.29, 0.717) is 0 Å². The maximum atomic E-state index is 9.32. The molecule has 1 aliphatic heterocycles. The number of ether oxygens (including phenoxy) is 2. The van der Waals surface area contributed by atoms with Crippen molar-refractivity contribution >= 4 is 0 Å². The average Bonchev–Trinajstić information content (AvgIpc) is 2.58. The molecule has 14 heavy (non-hydrogen) atoms. The third-order valence-electron chi connectivity index (χ3n) is 4.02. The normalized spacial score (nSPS) is 35.7. The molecule has 2 rings (SSSR count). The summed E-state index contributed by atoms with van der Waals surface area (Å²) in [5.41, 5.74) is -0.453. The highest BCUT2D eigenvalue weighted by Crippen LogP contribution is 2.54. The second-order valence-electron chi connectivity index (χ2n) is 4.39. The summed E-state index contributed by atoms with van der Waals surface area (Å²) in [5, 5.41) is 9.32. The third-order valence-corrected chi connectivity index (χ3v) is 4.02. The van der Waals surface area contributed by atoms with Crippen molar-refractivity contribution in [3.63, 3.8) is 0 Å². The molecule has 1 heterocycles. The lowest BCUT2D eigenvalue weighted by molar-refractivity contribution is -0.101. The fourth-order valence-corrected chi connectivity index (χ4v) is 3.10. The Bertz CT molecular complexity index is 253. The van der Waals surface area contributed by atoms with Crippen molar-refractivity contribution in [1.82, 2.24) is 0 Å². The van der Waals surface area contributed by atoms with Crippen LogP contribution in [0.1, 0.15) is 32.1 Å². The molecule has 0 aromatic carbocycles. The van der Waals surface area contributed by atoms with Gasteiger partial charge in [0.2, 0.25) is 0 Å². The minimum Gasteiger partial charge on any atom is -0.381 e. The number of nitrogens with zero attached hydrogens (tertiary/aromatic N) is 1. The predicted octanol–water partition coefficient (Wildman–Crippen LogP) is 1.88. The second kappa shape index (κ2) is 3.52. The Kier molecular flexibility index (Phi) is 2.50. The van der Waals surface area contributed by atoms with Gasteiger partial charge in [-0.25, -0.2) is 0 Å². The van der Waals surface area contributed by atoms with E-state index in [1.54, 1.807) is 7.11 Å². The maximum absolute atomic E-state index is 9.32. The SMILES string of the molecule is COC1(C#N)CCCC12CCOCC2. The van der Waals surface area contributed by atoms with E-state index in [9.17, 15) is 5.26 Å². The zero-order chi connectivity index (χ0) is 10.1. The highest BCUT2D eigenvalue weighted by atomic mass is 16.5. The molecule has 3 nitrogen and oxygen atoms in total. The molecule has 3 heteroatoms. The monoisotopic (exact) mass is 195 g/mol. The first-order valence-corrected chi connectivity index (χ1v) is 5.33. The molecular weight excluding hydrogens is 178 g/mol. The average molecular weight is 195 g/mol. The van der Waals surface area contributed by atoms with Crippen LogP contribution in [0.15, 0.2) is 0 Å². The van der Waals surface area contributed by atoms with E-state index in [0.717, 1.165) is 45.3 Å². The number of methoxy groups -OCH3 is 1. The van der Waals surface area contributed by atoms with E-state index >= 15 is 0 Å². The van der Waals surface area contributed by atoms with Gasteiger partial charge in [-0.2, -0.15) is 5.26 Å². The summed E-state index contributed by atoms with van der Waals surface area (Å²) in [6, 6.07) is 2.41. The zero-order valence-corrected chi connectivity index (χ0v) is 8.71. The van der Waals surface area contributed by atoms with Crippen LogP contribution < -0.4 is 0 Å². The molecule has 1 aliphatic carbocycles. The Hall–Kier alpha value is -0.590. The Morgan fingerprint density at radius 1 is 1.21 bits per heavy atom. The van der Waals surface area contributed by atoms with Gasteiger partial charge in [-0.15, -0.1) is 0 Å². The molecule has 78 valence electrons. The van der Waals surface area contributed by atoms with E-state index in [-0.39, 0.29) is 5.41 Å². The van der Waals surface area contributed by atoms with Gasteiger partial charge in [0.1, 0.15) is 0 Å². The molecule has 1 spiro atoms. The highest BCUT2D eigenvalue weighted by molar-refractivity contribution is 5.17. The van der Waals surface area contributed by atoms with Crippen molar-refractivity contribution in [2.45, 2.75) is 37.7 Å². The van der Waals surface area contributed by atoms with E-state index < -0.39 is 5.60 Å². The summed E-state index contributed by atoms with van der Waals surface area (Å²) in [7, 11) is 1.67. The quantitative estimate of drug-likeness (QED) is 0.641. The lowest BCUT2D eigenvalue weighted by atomic mass is 9.69. The van der Waals surface area contributed by atoms with Gasteiger partial charge in [0, 0.05) is 25.7 Å². The predicted molar refractivity (Wildman–Crippen MR) is 51.7 cm³/mol. The van der Waals surface area contributed by atoms with Gasteiger partial charge >= 0.3 is 0 Å². The van der Waals surface area contributed by atoms with Crippen LogP contribution in [-0.2, 0) is 9.47 Å². The number of nitriles is 1. The van der Waals surface area contributed by atoms with Crippen LogP contribution in [0.5, 0.6) is 0 Å². The minimum absolute atomic E-state index is 0.0781. The first-order chi connectivity index (χ1) is 6.79. The molecule has 0 aromatic rings. The molecule has 0 radical (unpaired) electrons. The minimum atomic E-state index is -0.531. The zero-order valence-electron chi connectivity index (χ0n) is 8.71. The molecule has 0 N–H and O–H groups in total. The van der Waals surface area contributed by atoms with Crippen LogP contribution in [0.3, 0.4) is 0 Å². The summed E-state index contributed by atoms with van der Waals surface area (Å²) >= 11 is 0. The first kappa shape index (κ1) is 9.95. The van der Waals surface area contributed by atoms with Gasteiger partial charge in [-0.1, -0.05) is 0 Å². The standard InChI is InChI=1S/C11H17NO2/c1-13-11(9-12)4-2-3-10(11)5-7-14-8-6-10/h2-8H2,1H3. The summed E-state index contributed by atoms with van der Waals surface area (Å²) in [6.07, 6.45) is 5.09. The smallest absolute Gasteiger partial charge is 0.159 e.